The maximum atomic E-state index is 13.5. The second kappa shape index (κ2) is 7.33. The highest BCUT2D eigenvalue weighted by Crippen LogP contribution is 2.42. The average molecular weight is 413 g/mol. The summed E-state index contributed by atoms with van der Waals surface area (Å²) in [6, 6.07) is 11.4. The van der Waals surface area contributed by atoms with E-state index in [1.54, 1.807) is 29.2 Å². The maximum absolute atomic E-state index is 13.5. The smallest absolute Gasteiger partial charge is 0.377 e. The molecule has 154 valence electrons. The number of alkyl halides is 3. The predicted octanol–water partition coefficient (Wildman–Crippen LogP) is 4.42. The Morgan fingerprint density at radius 3 is 2.60 bits per heavy atom. The number of halogens is 3. The molecule has 0 saturated heterocycles. The monoisotopic (exact) mass is 413 g/mol. The van der Waals surface area contributed by atoms with Crippen molar-refractivity contribution in [1.82, 2.24) is 9.78 Å². The number of benzene rings is 2. The minimum absolute atomic E-state index is 0.0224. The van der Waals surface area contributed by atoms with Gasteiger partial charge < -0.3 is 10.2 Å². The van der Waals surface area contributed by atoms with E-state index in [0.29, 0.717) is 11.3 Å². The summed E-state index contributed by atoms with van der Waals surface area (Å²) >= 11 is 0. The van der Waals surface area contributed by atoms with Gasteiger partial charge in [0.1, 0.15) is 0 Å². The molecule has 0 saturated carbocycles. The van der Waals surface area contributed by atoms with E-state index in [1.807, 2.05) is 18.2 Å². The van der Waals surface area contributed by atoms with Crippen LogP contribution in [0.4, 0.5) is 30.2 Å². The number of nitrogens with zero attached hydrogens (tertiary/aromatic N) is 4. The first-order chi connectivity index (χ1) is 14.2. The van der Waals surface area contributed by atoms with Gasteiger partial charge in [-0.2, -0.15) is 18.3 Å². The molecule has 0 unspecified atom stereocenters. The number of hydrogen-bond acceptors (Lipinski definition) is 4. The van der Waals surface area contributed by atoms with E-state index in [9.17, 15) is 18.0 Å². The molecule has 1 aromatic heterocycles. The number of carbonyl (C=O) groups excluding carboxylic acids is 1. The van der Waals surface area contributed by atoms with Crippen LogP contribution in [0.1, 0.15) is 17.5 Å². The molecule has 0 radical (unpaired) electrons. The zero-order valence-electron chi connectivity index (χ0n) is 16.2. The zero-order chi connectivity index (χ0) is 21.5. The summed E-state index contributed by atoms with van der Waals surface area (Å²) in [7, 11) is 3.06. The molecular weight excluding hydrogens is 395 g/mol. The summed E-state index contributed by atoms with van der Waals surface area (Å²) in [5.74, 6) is -0.428. The lowest BCUT2D eigenvalue weighted by atomic mass is 10.1. The Morgan fingerprint density at radius 1 is 1.13 bits per heavy atom. The number of aromatic nitrogens is 2. The molecule has 30 heavy (non-hydrogen) atoms. The second-order valence-electron chi connectivity index (χ2n) is 7.06. The van der Waals surface area contributed by atoms with Crippen LogP contribution in [0, 0.1) is 0 Å². The molecule has 3 aromatic rings. The van der Waals surface area contributed by atoms with Gasteiger partial charge in [-0.25, -0.2) is 4.68 Å². The van der Waals surface area contributed by atoms with Crippen LogP contribution in [-0.4, -0.2) is 35.5 Å². The molecule has 0 spiro atoms. The molecule has 4 rings (SSSR count). The van der Waals surface area contributed by atoms with E-state index in [1.165, 1.54) is 25.1 Å². The lowest BCUT2D eigenvalue weighted by Crippen LogP contribution is -2.18. The van der Waals surface area contributed by atoms with Crippen molar-refractivity contribution in [2.45, 2.75) is 12.6 Å². The number of carbonyl (C=O) groups is 1. The van der Waals surface area contributed by atoms with E-state index in [4.69, 9.17) is 0 Å². The Bertz CT molecular complexity index is 1130. The van der Waals surface area contributed by atoms with Gasteiger partial charge in [0.05, 0.1) is 40.4 Å². The molecule has 1 aliphatic heterocycles. The minimum Gasteiger partial charge on any atom is -0.377 e. The van der Waals surface area contributed by atoms with Crippen molar-refractivity contribution in [2.75, 3.05) is 24.3 Å². The van der Waals surface area contributed by atoms with E-state index in [2.05, 4.69) is 15.4 Å². The van der Waals surface area contributed by atoms with Gasteiger partial charge in [-0.3, -0.25) is 9.79 Å². The normalized spacial score (nSPS) is 13.9. The summed E-state index contributed by atoms with van der Waals surface area (Å²) in [5, 5.41) is 6.74. The summed E-state index contributed by atoms with van der Waals surface area (Å²) < 4.78 is 42.2. The van der Waals surface area contributed by atoms with Crippen LogP contribution < -0.4 is 10.2 Å². The Hall–Kier alpha value is -3.62. The average Bonchev–Trinajstić information content (AvgIpc) is 3.16. The summed E-state index contributed by atoms with van der Waals surface area (Å²) in [6.07, 6.45) is -1.18. The van der Waals surface area contributed by atoms with E-state index < -0.39 is 17.6 Å². The van der Waals surface area contributed by atoms with Crippen LogP contribution >= 0.6 is 0 Å². The van der Waals surface area contributed by atoms with Crippen LogP contribution in [0.2, 0.25) is 0 Å². The quantitative estimate of drug-likeness (QED) is 0.692. The Labute approximate surface area is 170 Å². The highest BCUT2D eigenvalue weighted by molar-refractivity contribution is 6.17. The van der Waals surface area contributed by atoms with Crippen molar-refractivity contribution in [3.05, 3.63) is 66.0 Å². The fourth-order valence-electron chi connectivity index (χ4n) is 3.31. The topological polar surface area (TPSA) is 62.5 Å². The first-order valence-corrected chi connectivity index (χ1v) is 9.13. The lowest BCUT2D eigenvalue weighted by Gasteiger charge is -2.21. The fourth-order valence-corrected chi connectivity index (χ4v) is 3.31. The Balaban J connectivity index is 1.84. The van der Waals surface area contributed by atoms with Crippen molar-refractivity contribution in [1.29, 1.82) is 0 Å². The highest BCUT2D eigenvalue weighted by atomic mass is 19.4. The number of amides is 1. The fraction of sp³-hybridized carbons (Fsp3) is 0.190. The molecule has 6 nitrogen and oxygen atoms in total. The first kappa shape index (κ1) is 19.7. The molecule has 1 amide bonds. The van der Waals surface area contributed by atoms with Crippen LogP contribution in [0.15, 0.2) is 59.9 Å². The number of fused-ring (bicyclic) bond motifs is 1. The third-order valence-corrected chi connectivity index (χ3v) is 4.71. The van der Waals surface area contributed by atoms with Crippen molar-refractivity contribution in [3.63, 3.8) is 0 Å². The molecule has 0 fully saturated rings. The standard InChI is InChI=1S/C21H18F3N5O/c1-28(2)19-11-18-17(10-15(19)21(22,23)24)27-20(30)12-16(26-18)13-5-3-6-14(9-13)29-8-4-7-25-29/h3-11H,12H2,1-2H3,(H,27,30). The number of hydrogen-bond donors (Lipinski definition) is 1. The third kappa shape index (κ3) is 3.78. The highest BCUT2D eigenvalue weighted by Gasteiger charge is 2.35. The minimum atomic E-state index is -4.56. The lowest BCUT2D eigenvalue weighted by molar-refractivity contribution is -0.137. The third-order valence-electron chi connectivity index (χ3n) is 4.71. The van der Waals surface area contributed by atoms with Crippen LogP contribution in [0.5, 0.6) is 0 Å². The maximum Gasteiger partial charge on any atom is 0.418 e. The first-order valence-electron chi connectivity index (χ1n) is 9.13. The van der Waals surface area contributed by atoms with Gasteiger partial charge >= 0.3 is 6.18 Å². The van der Waals surface area contributed by atoms with Crippen LogP contribution in [-0.2, 0) is 11.0 Å². The number of anilines is 2. The van der Waals surface area contributed by atoms with Gasteiger partial charge in [0.15, 0.2) is 0 Å². The van der Waals surface area contributed by atoms with Gasteiger partial charge in [-0.15, -0.1) is 0 Å². The second-order valence-corrected chi connectivity index (χ2v) is 7.06. The molecule has 1 N–H and O–H groups in total. The SMILES string of the molecule is CN(C)c1cc2c(cc1C(F)(F)F)NC(=O)CC(c1cccc(-n3cccn3)c1)=N2. The van der Waals surface area contributed by atoms with Gasteiger partial charge in [-0.1, -0.05) is 12.1 Å². The number of nitrogens with one attached hydrogen (secondary N) is 1. The largest absolute Gasteiger partial charge is 0.418 e. The van der Waals surface area contributed by atoms with Crippen molar-refractivity contribution >= 4 is 28.7 Å². The van der Waals surface area contributed by atoms with Crippen molar-refractivity contribution < 1.29 is 18.0 Å². The molecule has 2 aromatic carbocycles. The van der Waals surface area contributed by atoms with E-state index in [-0.39, 0.29) is 23.5 Å². The van der Waals surface area contributed by atoms with Crippen molar-refractivity contribution in [2.24, 2.45) is 4.99 Å². The van der Waals surface area contributed by atoms with Crippen LogP contribution in [0.25, 0.3) is 5.69 Å². The van der Waals surface area contributed by atoms with E-state index in [0.717, 1.165) is 11.8 Å². The molecule has 1 aliphatic rings. The van der Waals surface area contributed by atoms with Gasteiger partial charge in [-0.05, 0) is 35.9 Å². The van der Waals surface area contributed by atoms with Gasteiger partial charge in [0, 0.05) is 26.5 Å². The zero-order valence-corrected chi connectivity index (χ0v) is 16.2. The van der Waals surface area contributed by atoms with E-state index >= 15 is 0 Å². The summed E-state index contributed by atoms with van der Waals surface area (Å²) in [4.78, 5) is 18.4. The van der Waals surface area contributed by atoms with Crippen LogP contribution in [0.3, 0.4) is 0 Å². The number of aliphatic imine (C=N–C) groups is 1. The molecule has 0 aliphatic carbocycles. The molecule has 0 bridgehead atoms. The molecule has 2 heterocycles. The molecule has 9 heteroatoms. The van der Waals surface area contributed by atoms with Crippen molar-refractivity contribution in [3.8, 4) is 5.69 Å². The summed E-state index contributed by atoms with van der Waals surface area (Å²) in [6.45, 7) is 0. The molecular formula is C21H18F3N5O. The molecule has 0 atom stereocenters. The number of rotatable bonds is 3. The Morgan fingerprint density at radius 2 is 1.93 bits per heavy atom. The van der Waals surface area contributed by atoms with Gasteiger partial charge in [0.25, 0.3) is 0 Å². The van der Waals surface area contributed by atoms with Gasteiger partial charge in [0.2, 0.25) is 5.91 Å². The Kier molecular flexibility index (Phi) is 4.81. The predicted molar refractivity (Wildman–Crippen MR) is 109 cm³/mol. The summed E-state index contributed by atoms with van der Waals surface area (Å²) in [5.41, 5.74) is 1.40.